The van der Waals surface area contributed by atoms with Crippen molar-refractivity contribution in [3.63, 3.8) is 0 Å². The minimum atomic E-state index is -0.533. The Balaban J connectivity index is 1.90. The van der Waals surface area contributed by atoms with E-state index >= 15 is 0 Å². The summed E-state index contributed by atoms with van der Waals surface area (Å²) in [5.74, 6) is -0.964. The Kier molecular flexibility index (Phi) is 5.78. The highest BCUT2D eigenvalue weighted by molar-refractivity contribution is 9.10. The number of aromatic nitrogens is 1. The van der Waals surface area contributed by atoms with Crippen LogP contribution in [0.3, 0.4) is 0 Å². The molecule has 1 heterocycles. The van der Waals surface area contributed by atoms with Crippen LogP contribution in [-0.2, 0) is 0 Å². The van der Waals surface area contributed by atoms with Crippen LogP contribution in [0.1, 0.15) is 15.9 Å². The predicted octanol–water partition coefficient (Wildman–Crippen LogP) is 7.67. The number of nitrogens with one attached hydrogen (secondary N) is 1. The van der Waals surface area contributed by atoms with Crippen molar-refractivity contribution in [2.45, 2.75) is 6.92 Å². The van der Waals surface area contributed by atoms with Gasteiger partial charge in [0.2, 0.25) is 0 Å². The number of amides is 1. The summed E-state index contributed by atoms with van der Waals surface area (Å²) in [5, 5.41) is 4.27. The summed E-state index contributed by atoms with van der Waals surface area (Å²) < 4.78 is 14.9. The first kappa shape index (κ1) is 20.8. The van der Waals surface area contributed by atoms with Gasteiger partial charge in [-0.25, -0.2) is 9.37 Å². The zero-order chi connectivity index (χ0) is 21.4. The Bertz CT molecular complexity index is 1310. The minimum absolute atomic E-state index is 0.0922. The molecule has 150 valence electrons. The number of carbonyl (C=O) groups excluding carboxylic acids is 1. The quantitative estimate of drug-likeness (QED) is 0.311. The van der Waals surface area contributed by atoms with E-state index in [0.717, 1.165) is 0 Å². The molecule has 1 aromatic heterocycles. The van der Waals surface area contributed by atoms with Gasteiger partial charge in [-0.1, -0.05) is 57.3 Å². The van der Waals surface area contributed by atoms with E-state index in [4.69, 9.17) is 28.2 Å². The standard InChI is InChI=1S/C23H14BrCl2FN2O/c1-12-21(23(30)29-20-9-6-13(24)10-18(20)27)16-4-2-3-5-19(16)28-22(12)15-8-7-14(25)11-17(15)26/h2-11H,1H3,(H,29,30). The molecule has 1 amide bonds. The number of anilines is 1. The van der Waals surface area contributed by atoms with Crippen LogP contribution in [0.5, 0.6) is 0 Å². The molecule has 0 unspecified atom stereocenters. The second-order valence-electron chi connectivity index (χ2n) is 6.68. The Morgan fingerprint density at radius 3 is 2.57 bits per heavy atom. The molecular weight excluding hydrogens is 490 g/mol. The molecule has 0 atom stereocenters. The van der Waals surface area contributed by atoms with E-state index in [1.807, 2.05) is 24.3 Å². The van der Waals surface area contributed by atoms with E-state index in [-0.39, 0.29) is 5.69 Å². The number of carbonyl (C=O) groups is 1. The third-order valence-electron chi connectivity index (χ3n) is 4.73. The van der Waals surface area contributed by atoms with Crippen LogP contribution in [0.4, 0.5) is 10.1 Å². The van der Waals surface area contributed by atoms with Gasteiger partial charge in [0, 0.05) is 20.4 Å². The third-order valence-corrected chi connectivity index (χ3v) is 5.77. The van der Waals surface area contributed by atoms with Crippen LogP contribution in [-0.4, -0.2) is 10.9 Å². The van der Waals surface area contributed by atoms with Gasteiger partial charge in [-0.3, -0.25) is 4.79 Å². The maximum absolute atomic E-state index is 14.3. The molecule has 3 aromatic carbocycles. The van der Waals surface area contributed by atoms with Crippen molar-refractivity contribution < 1.29 is 9.18 Å². The number of nitrogens with zero attached hydrogens (tertiary/aromatic N) is 1. The van der Waals surface area contributed by atoms with E-state index < -0.39 is 11.7 Å². The van der Waals surface area contributed by atoms with Crippen molar-refractivity contribution in [3.8, 4) is 11.3 Å². The zero-order valence-electron chi connectivity index (χ0n) is 15.6. The molecule has 0 aliphatic rings. The van der Waals surface area contributed by atoms with Crippen molar-refractivity contribution >= 4 is 61.6 Å². The molecule has 0 spiro atoms. The van der Waals surface area contributed by atoms with E-state index in [2.05, 4.69) is 21.2 Å². The molecule has 0 aliphatic carbocycles. The minimum Gasteiger partial charge on any atom is -0.319 e. The molecule has 1 N–H and O–H groups in total. The third kappa shape index (κ3) is 3.93. The van der Waals surface area contributed by atoms with Gasteiger partial charge in [0.25, 0.3) is 5.91 Å². The van der Waals surface area contributed by atoms with Gasteiger partial charge in [0.1, 0.15) is 5.82 Å². The molecule has 0 saturated heterocycles. The summed E-state index contributed by atoms with van der Waals surface area (Å²) in [7, 11) is 0. The average Bonchev–Trinajstić information content (AvgIpc) is 2.70. The summed E-state index contributed by atoms with van der Waals surface area (Å²) >= 11 is 15.7. The molecule has 0 bridgehead atoms. The van der Waals surface area contributed by atoms with Gasteiger partial charge in [0.05, 0.1) is 27.5 Å². The number of benzene rings is 3. The van der Waals surface area contributed by atoms with E-state index in [0.29, 0.717) is 47.8 Å². The van der Waals surface area contributed by atoms with Gasteiger partial charge in [-0.05, 0) is 55.0 Å². The highest BCUT2D eigenvalue weighted by Gasteiger charge is 2.21. The van der Waals surface area contributed by atoms with Gasteiger partial charge < -0.3 is 5.32 Å². The summed E-state index contributed by atoms with van der Waals surface area (Å²) in [6.45, 7) is 1.80. The lowest BCUT2D eigenvalue weighted by Crippen LogP contribution is -2.16. The van der Waals surface area contributed by atoms with Crippen LogP contribution in [0.15, 0.2) is 65.1 Å². The molecule has 3 nitrogen and oxygen atoms in total. The van der Waals surface area contributed by atoms with Crippen molar-refractivity contribution in [2.75, 3.05) is 5.32 Å². The Morgan fingerprint density at radius 1 is 1.07 bits per heavy atom. The number of rotatable bonds is 3. The second-order valence-corrected chi connectivity index (χ2v) is 8.44. The summed E-state index contributed by atoms with van der Waals surface area (Å²) in [4.78, 5) is 18.0. The molecule has 0 saturated carbocycles. The largest absolute Gasteiger partial charge is 0.319 e. The smallest absolute Gasteiger partial charge is 0.256 e. The fourth-order valence-electron chi connectivity index (χ4n) is 3.32. The monoisotopic (exact) mass is 502 g/mol. The number of pyridine rings is 1. The lowest BCUT2D eigenvalue weighted by Gasteiger charge is -2.16. The fraction of sp³-hybridized carbons (Fsp3) is 0.0435. The lowest BCUT2D eigenvalue weighted by atomic mass is 9.97. The number of hydrogen-bond acceptors (Lipinski definition) is 2. The number of hydrogen-bond donors (Lipinski definition) is 1. The van der Waals surface area contributed by atoms with Crippen molar-refractivity contribution in [2.24, 2.45) is 0 Å². The van der Waals surface area contributed by atoms with Crippen LogP contribution in [0.25, 0.3) is 22.2 Å². The lowest BCUT2D eigenvalue weighted by molar-refractivity contribution is 0.102. The Morgan fingerprint density at radius 2 is 1.83 bits per heavy atom. The maximum Gasteiger partial charge on any atom is 0.256 e. The van der Waals surface area contributed by atoms with Gasteiger partial charge in [-0.15, -0.1) is 0 Å². The molecule has 0 fully saturated rings. The number of para-hydroxylation sites is 1. The van der Waals surface area contributed by atoms with Crippen LogP contribution in [0, 0.1) is 12.7 Å². The predicted molar refractivity (Wildman–Crippen MR) is 124 cm³/mol. The SMILES string of the molecule is Cc1c(-c2ccc(Cl)cc2Cl)nc2ccccc2c1C(=O)Nc1ccc(Br)cc1F. The second kappa shape index (κ2) is 8.34. The summed E-state index contributed by atoms with van der Waals surface area (Å²) in [6, 6.07) is 16.9. The van der Waals surface area contributed by atoms with Crippen LogP contribution < -0.4 is 5.32 Å². The Labute approximate surface area is 191 Å². The Hall–Kier alpha value is -2.47. The molecule has 4 rings (SSSR count). The highest BCUT2D eigenvalue weighted by atomic mass is 79.9. The van der Waals surface area contributed by atoms with Gasteiger partial charge in [0.15, 0.2) is 0 Å². The summed E-state index contributed by atoms with van der Waals surface area (Å²) in [5.41, 5.74) is 2.99. The number of fused-ring (bicyclic) bond motifs is 1. The molecule has 0 aliphatic heterocycles. The van der Waals surface area contributed by atoms with E-state index in [1.54, 1.807) is 31.2 Å². The van der Waals surface area contributed by atoms with Crippen LogP contribution in [0.2, 0.25) is 10.0 Å². The molecule has 0 radical (unpaired) electrons. The van der Waals surface area contributed by atoms with E-state index in [9.17, 15) is 9.18 Å². The first-order chi connectivity index (χ1) is 14.3. The molecule has 4 aromatic rings. The molecule has 30 heavy (non-hydrogen) atoms. The average molecular weight is 504 g/mol. The number of halogens is 4. The normalized spacial score (nSPS) is 11.0. The zero-order valence-corrected chi connectivity index (χ0v) is 18.7. The maximum atomic E-state index is 14.3. The first-order valence-electron chi connectivity index (χ1n) is 8.96. The van der Waals surface area contributed by atoms with E-state index in [1.165, 1.54) is 12.1 Å². The van der Waals surface area contributed by atoms with Crippen molar-refractivity contribution in [3.05, 3.63) is 92.1 Å². The topological polar surface area (TPSA) is 42.0 Å². The highest BCUT2D eigenvalue weighted by Crippen LogP contribution is 2.35. The van der Waals surface area contributed by atoms with Crippen molar-refractivity contribution in [1.82, 2.24) is 4.98 Å². The van der Waals surface area contributed by atoms with Gasteiger partial charge >= 0.3 is 0 Å². The fourth-order valence-corrected chi connectivity index (χ4v) is 4.15. The van der Waals surface area contributed by atoms with Gasteiger partial charge in [-0.2, -0.15) is 0 Å². The first-order valence-corrected chi connectivity index (χ1v) is 10.5. The van der Waals surface area contributed by atoms with Crippen molar-refractivity contribution in [1.29, 1.82) is 0 Å². The summed E-state index contributed by atoms with van der Waals surface area (Å²) in [6.07, 6.45) is 0. The van der Waals surface area contributed by atoms with Crippen LogP contribution >= 0.6 is 39.1 Å². The molecule has 7 heteroatoms. The molecular formula is C23H14BrCl2FN2O.